The Morgan fingerprint density at radius 3 is 2.73 bits per heavy atom. The standard InChI is InChI=1S/C19H26ClN5O/c20-16-15(21)17(25-18(22)24-16)23-11-19(12-26)9-8-14(10-19)7-6-13-4-2-1-3-5-13/h1-5,14,26H,6-12,21H2,(H3,22,23,24,25). The molecule has 2 aromatic rings. The molecule has 0 aliphatic heterocycles. The van der Waals surface area contributed by atoms with Crippen LogP contribution in [0.4, 0.5) is 17.5 Å². The van der Waals surface area contributed by atoms with E-state index in [1.165, 1.54) is 5.56 Å². The molecule has 1 aliphatic carbocycles. The second-order valence-corrected chi connectivity index (χ2v) is 7.64. The first-order valence-corrected chi connectivity index (χ1v) is 9.36. The summed E-state index contributed by atoms with van der Waals surface area (Å²) in [5, 5.41) is 13.4. The maximum atomic E-state index is 10.0. The number of aliphatic hydroxyl groups excluding tert-OH is 1. The fraction of sp³-hybridized carbons (Fsp3) is 0.474. The number of anilines is 3. The summed E-state index contributed by atoms with van der Waals surface area (Å²) in [5.74, 6) is 1.13. The van der Waals surface area contributed by atoms with Gasteiger partial charge in [0.15, 0.2) is 11.0 Å². The summed E-state index contributed by atoms with van der Waals surface area (Å²) in [6.07, 6.45) is 5.30. The summed E-state index contributed by atoms with van der Waals surface area (Å²) in [6.45, 7) is 0.721. The third kappa shape index (κ3) is 4.37. The number of halogens is 1. The molecule has 2 unspecified atom stereocenters. The van der Waals surface area contributed by atoms with Crippen molar-refractivity contribution < 1.29 is 5.11 Å². The number of aryl methyl sites for hydroxylation is 1. The van der Waals surface area contributed by atoms with Crippen molar-refractivity contribution in [2.75, 3.05) is 29.9 Å². The van der Waals surface area contributed by atoms with Crippen LogP contribution in [0.25, 0.3) is 0 Å². The third-order valence-corrected chi connectivity index (χ3v) is 5.66. The van der Waals surface area contributed by atoms with E-state index in [0.29, 0.717) is 18.3 Å². The minimum atomic E-state index is -0.167. The van der Waals surface area contributed by atoms with E-state index in [1.807, 2.05) is 6.07 Å². The van der Waals surface area contributed by atoms with Gasteiger partial charge in [-0.25, -0.2) is 0 Å². The predicted octanol–water partition coefficient (Wildman–Crippen LogP) is 3.12. The number of nitrogens with one attached hydrogen (secondary N) is 1. The number of aromatic nitrogens is 2. The van der Waals surface area contributed by atoms with Gasteiger partial charge < -0.3 is 21.9 Å². The van der Waals surface area contributed by atoms with Gasteiger partial charge in [-0.15, -0.1) is 0 Å². The molecule has 1 aliphatic rings. The normalized spacial score (nSPS) is 22.5. The highest BCUT2D eigenvalue weighted by atomic mass is 35.5. The zero-order chi connectivity index (χ0) is 18.6. The molecular formula is C19H26ClN5O. The first kappa shape index (κ1) is 18.7. The Morgan fingerprint density at radius 2 is 2.00 bits per heavy atom. The maximum Gasteiger partial charge on any atom is 0.223 e. The zero-order valence-corrected chi connectivity index (χ0v) is 15.5. The highest BCUT2D eigenvalue weighted by molar-refractivity contribution is 6.32. The maximum absolute atomic E-state index is 10.0. The van der Waals surface area contributed by atoms with Gasteiger partial charge in [-0.1, -0.05) is 41.9 Å². The summed E-state index contributed by atoms with van der Waals surface area (Å²) in [5.41, 5.74) is 13.1. The molecule has 0 amide bonds. The summed E-state index contributed by atoms with van der Waals surface area (Å²) < 4.78 is 0. The SMILES string of the molecule is Nc1nc(Cl)c(N)c(NCC2(CO)CCC(CCc3ccccc3)C2)n1. The summed E-state index contributed by atoms with van der Waals surface area (Å²) in [6, 6.07) is 10.5. The lowest BCUT2D eigenvalue weighted by Crippen LogP contribution is -2.31. The molecule has 0 saturated heterocycles. The molecule has 0 spiro atoms. The van der Waals surface area contributed by atoms with Crippen molar-refractivity contribution >= 4 is 29.1 Å². The number of aliphatic hydroxyl groups is 1. The summed E-state index contributed by atoms with van der Waals surface area (Å²) >= 11 is 5.96. The van der Waals surface area contributed by atoms with Crippen LogP contribution in [0.5, 0.6) is 0 Å². The first-order valence-electron chi connectivity index (χ1n) is 8.98. The summed E-state index contributed by atoms with van der Waals surface area (Å²) in [4.78, 5) is 7.95. The largest absolute Gasteiger partial charge is 0.396 e. The molecule has 0 bridgehead atoms. The quantitative estimate of drug-likeness (QED) is 0.553. The molecule has 26 heavy (non-hydrogen) atoms. The second kappa shape index (κ2) is 8.10. The van der Waals surface area contributed by atoms with Crippen molar-refractivity contribution in [1.29, 1.82) is 0 Å². The molecule has 6 nitrogen and oxygen atoms in total. The van der Waals surface area contributed by atoms with Crippen molar-refractivity contribution in [2.45, 2.75) is 32.1 Å². The number of nitrogens with two attached hydrogens (primary N) is 2. The van der Waals surface area contributed by atoms with Crippen molar-refractivity contribution in [2.24, 2.45) is 11.3 Å². The van der Waals surface area contributed by atoms with Crippen molar-refractivity contribution in [1.82, 2.24) is 9.97 Å². The molecule has 6 N–H and O–H groups in total. The van der Waals surface area contributed by atoms with Gasteiger partial charge in [0.1, 0.15) is 5.69 Å². The smallest absolute Gasteiger partial charge is 0.223 e. The predicted molar refractivity (Wildman–Crippen MR) is 106 cm³/mol. The van der Waals surface area contributed by atoms with E-state index >= 15 is 0 Å². The molecule has 7 heteroatoms. The molecule has 140 valence electrons. The molecule has 0 radical (unpaired) electrons. The monoisotopic (exact) mass is 375 g/mol. The minimum Gasteiger partial charge on any atom is -0.396 e. The molecule has 1 aromatic heterocycles. The van der Waals surface area contributed by atoms with Crippen molar-refractivity contribution in [3.05, 3.63) is 41.0 Å². The minimum absolute atomic E-state index is 0.0805. The van der Waals surface area contributed by atoms with Gasteiger partial charge in [0.05, 0.1) is 6.61 Å². The third-order valence-electron chi connectivity index (χ3n) is 5.37. The average molecular weight is 376 g/mol. The van der Waals surface area contributed by atoms with Crippen LogP contribution in [-0.2, 0) is 6.42 Å². The lowest BCUT2D eigenvalue weighted by Gasteiger charge is -2.28. The lowest BCUT2D eigenvalue weighted by molar-refractivity contribution is 0.137. The second-order valence-electron chi connectivity index (χ2n) is 7.28. The van der Waals surface area contributed by atoms with Crippen LogP contribution in [0.15, 0.2) is 30.3 Å². The van der Waals surface area contributed by atoms with Crippen LogP contribution >= 0.6 is 11.6 Å². The van der Waals surface area contributed by atoms with E-state index < -0.39 is 0 Å². The van der Waals surface area contributed by atoms with Gasteiger partial charge in [0, 0.05) is 12.0 Å². The van der Waals surface area contributed by atoms with Crippen LogP contribution in [0, 0.1) is 11.3 Å². The number of nitrogen functional groups attached to an aromatic ring is 2. The van der Waals surface area contributed by atoms with Crippen molar-refractivity contribution in [3.63, 3.8) is 0 Å². The number of nitrogens with zero attached hydrogens (tertiary/aromatic N) is 2. The highest BCUT2D eigenvalue weighted by Crippen LogP contribution is 2.43. The van der Waals surface area contributed by atoms with Gasteiger partial charge >= 0.3 is 0 Å². The highest BCUT2D eigenvalue weighted by Gasteiger charge is 2.38. The topological polar surface area (TPSA) is 110 Å². The number of hydrogen-bond acceptors (Lipinski definition) is 6. The van der Waals surface area contributed by atoms with E-state index in [4.69, 9.17) is 23.1 Å². The molecule has 3 rings (SSSR count). The molecule has 1 saturated carbocycles. The van der Waals surface area contributed by atoms with Gasteiger partial charge in [0.25, 0.3) is 0 Å². The molecule has 2 atom stereocenters. The Bertz CT molecular complexity index is 742. The molecule has 1 heterocycles. The first-order chi connectivity index (χ1) is 12.5. The zero-order valence-electron chi connectivity index (χ0n) is 14.8. The summed E-state index contributed by atoms with van der Waals surface area (Å²) in [7, 11) is 0. The van der Waals surface area contributed by atoms with Gasteiger partial charge in [0.2, 0.25) is 5.95 Å². The number of rotatable bonds is 7. The number of hydrogen-bond donors (Lipinski definition) is 4. The van der Waals surface area contributed by atoms with E-state index in [0.717, 1.165) is 32.1 Å². The van der Waals surface area contributed by atoms with E-state index in [9.17, 15) is 5.11 Å². The number of benzene rings is 1. The van der Waals surface area contributed by atoms with E-state index in [2.05, 4.69) is 39.6 Å². The van der Waals surface area contributed by atoms with E-state index in [-0.39, 0.29) is 28.8 Å². The van der Waals surface area contributed by atoms with E-state index in [1.54, 1.807) is 0 Å². The van der Waals surface area contributed by atoms with Crippen LogP contribution < -0.4 is 16.8 Å². The Labute approximate surface area is 159 Å². The lowest BCUT2D eigenvalue weighted by atomic mass is 9.85. The molecular weight excluding hydrogens is 350 g/mol. The van der Waals surface area contributed by atoms with Gasteiger partial charge in [-0.2, -0.15) is 9.97 Å². The Morgan fingerprint density at radius 1 is 1.23 bits per heavy atom. The Balaban J connectivity index is 1.58. The van der Waals surface area contributed by atoms with Gasteiger partial charge in [-0.05, 0) is 43.6 Å². The van der Waals surface area contributed by atoms with Crippen LogP contribution in [0.2, 0.25) is 5.15 Å². The fourth-order valence-corrected chi connectivity index (χ4v) is 3.99. The van der Waals surface area contributed by atoms with Crippen LogP contribution in [-0.4, -0.2) is 28.2 Å². The van der Waals surface area contributed by atoms with Crippen LogP contribution in [0.1, 0.15) is 31.2 Å². The Hall–Kier alpha value is -2.05. The average Bonchev–Trinajstić information content (AvgIpc) is 3.07. The fourth-order valence-electron chi connectivity index (χ4n) is 3.81. The van der Waals surface area contributed by atoms with Crippen LogP contribution in [0.3, 0.4) is 0 Å². The molecule has 1 fully saturated rings. The van der Waals surface area contributed by atoms with Crippen molar-refractivity contribution in [3.8, 4) is 0 Å². The molecule has 1 aromatic carbocycles. The van der Waals surface area contributed by atoms with Gasteiger partial charge in [-0.3, -0.25) is 0 Å². The Kier molecular flexibility index (Phi) is 5.84.